The Morgan fingerprint density at radius 1 is 1.20 bits per heavy atom. The Morgan fingerprint density at radius 2 is 1.80 bits per heavy atom. The monoisotopic (exact) mass is 279 g/mol. The topological polar surface area (TPSA) is 73.9 Å². The molecule has 5 nitrogen and oxygen atoms in total. The van der Waals surface area contributed by atoms with Crippen LogP contribution in [0.1, 0.15) is 36.6 Å². The molecule has 2 aliphatic rings. The molecule has 0 amide bonds. The number of ether oxygens (including phenoxy) is 3. The zero-order valence-corrected chi connectivity index (χ0v) is 12.1. The van der Waals surface area contributed by atoms with E-state index >= 15 is 0 Å². The molecule has 0 saturated heterocycles. The van der Waals surface area contributed by atoms with Gasteiger partial charge in [-0.15, -0.1) is 0 Å². The molecular formula is C15H21NO4. The average molecular weight is 279 g/mol. The zero-order chi connectivity index (χ0) is 14.4. The van der Waals surface area contributed by atoms with Crippen LogP contribution in [0.2, 0.25) is 0 Å². The standard InChI is InChI=1S/C15H21NO4/c1-7-4-9-12(11(16)6-17)13-10(5-8(2)19-13)14(18-3)15(9)20-7/h7-8,11,17H,4-6,16H2,1-3H3. The molecule has 0 aromatic heterocycles. The van der Waals surface area contributed by atoms with Crippen LogP contribution >= 0.6 is 0 Å². The molecule has 0 saturated carbocycles. The van der Waals surface area contributed by atoms with Crippen LogP contribution in [0, 0.1) is 0 Å². The van der Waals surface area contributed by atoms with Crippen LogP contribution in [0.5, 0.6) is 17.2 Å². The smallest absolute Gasteiger partial charge is 0.168 e. The van der Waals surface area contributed by atoms with E-state index in [9.17, 15) is 5.11 Å². The van der Waals surface area contributed by atoms with Crippen LogP contribution in [-0.2, 0) is 12.8 Å². The number of hydrogen-bond acceptors (Lipinski definition) is 5. The molecule has 0 bridgehead atoms. The molecule has 110 valence electrons. The van der Waals surface area contributed by atoms with Gasteiger partial charge in [0.2, 0.25) is 0 Å². The maximum Gasteiger partial charge on any atom is 0.168 e. The van der Waals surface area contributed by atoms with Gasteiger partial charge in [0.25, 0.3) is 0 Å². The molecule has 0 radical (unpaired) electrons. The minimum Gasteiger partial charge on any atom is -0.492 e. The molecule has 2 aliphatic heterocycles. The second-order valence-electron chi connectivity index (χ2n) is 5.62. The summed E-state index contributed by atoms with van der Waals surface area (Å²) in [5.41, 5.74) is 9.00. The number of fused-ring (bicyclic) bond motifs is 2. The third kappa shape index (κ3) is 1.84. The quantitative estimate of drug-likeness (QED) is 0.873. The molecule has 5 heteroatoms. The zero-order valence-electron chi connectivity index (χ0n) is 12.1. The lowest BCUT2D eigenvalue weighted by atomic mass is 9.93. The third-order valence-corrected chi connectivity index (χ3v) is 3.99. The number of nitrogens with two attached hydrogens (primary N) is 1. The summed E-state index contributed by atoms with van der Waals surface area (Å²) in [6, 6.07) is -0.456. The van der Waals surface area contributed by atoms with Crippen molar-refractivity contribution in [2.24, 2.45) is 5.73 Å². The predicted molar refractivity (Wildman–Crippen MR) is 74.6 cm³/mol. The maximum absolute atomic E-state index is 9.46. The van der Waals surface area contributed by atoms with Gasteiger partial charge in [-0.1, -0.05) is 0 Å². The van der Waals surface area contributed by atoms with Crippen molar-refractivity contribution in [2.45, 2.75) is 44.9 Å². The summed E-state index contributed by atoms with van der Waals surface area (Å²) in [6.07, 6.45) is 1.71. The number of aliphatic hydroxyl groups excluding tert-OH is 1. The summed E-state index contributed by atoms with van der Waals surface area (Å²) < 4.78 is 17.4. The molecule has 3 atom stereocenters. The summed E-state index contributed by atoms with van der Waals surface area (Å²) in [4.78, 5) is 0. The fourth-order valence-corrected chi connectivity index (χ4v) is 3.21. The Labute approximate surface area is 118 Å². The lowest BCUT2D eigenvalue weighted by Gasteiger charge is -2.19. The fraction of sp³-hybridized carbons (Fsp3) is 0.600. The van der Waals surface area contributed by atoms with Crippen molar-refractivity contribution in [1.82, 2.24) is 0 Å². The highest BCUT2D eigenvalue weighted by atomic mass is 16.5. The average Bonchev–Trinajstić information content (AvgIpc) is 2.96. The Hall–Kier alpha value is -1.46. The normalized spacial score (nSPS) is 24.6. The van der Waals surface area contributed by atoms with E-state index in [-0.39, 0.29) is 18.8 Å². The summed E-state index contributed by atoms with van der Waals surface area (Å²) in [5, 5.41) is 9.46. The van der Waals surface area contributed by atoms with E-state index in [4.69, 9.17) is 19.9 Å². The van der Waals surface area contributed by atoms with Gasteiger partial charge in [-0.05, 0) is 13.8 Å². The molecule has 3 N–H and O–H groups in total. The highest BCUT2D eigenvalue weighted by molar-refractivity contribution is 5.66. The minimum absolute atomic E-state index is 0.0866. The Kier molecular flexibility index (Phi) is 3.26. The molecule has 1 aromatic carbocycles. The van der Waals surface area contributed by atoms with Gasteiger partial charge in [0, 0.05) is 29.5 Å². The molecule has 2 heterocycles. The number of aliphatic hydroxyl groups is 1. The van der Waals surface area contributed by atoms with E-state index in [0.29, 0.717) is 0 Å². The first-order valence-electron chi connectivity index (χ1n) is 7.02. The number of benzene rings is 1. The van der Waals surface area contributed by atoms with Crippen LogP contribution < -0.4 is 19.9 Å². The molecule has 3 rings (SSSR count). The first-order chi connectivity index (χ1) is 9.56. The van der Waals surface area contributed by atoms with Crippen molar-refractivity contribution in [3.8, 4) is 17.2 Å². The summed E-state index contributed by atoms with van der Waals surface area (Å²) in [5.74, 6) is 2.32. The summed E-state index contributed by atoms with van der Waals surface area (Å²) >= 11 is 0. The summed E-state index contributed by atoms with van der Waals surface area (Å²) in [7, 11) is 1.65. The minimum atomic E-state index is -0.456. The molecule has 3 unspecified atom stereocenters. The molecule has 20 heavy (non-hydrogen) atoms. The molecule has 0 fully saturated rings. The second-order valence-corrected chi connectivity index (χ2v) is 5.62. The van der Waals surface area contributed by atoms with Crippen molar-refractivity contribution >= 4 is 0 Å². The van der Waals surface area contributed by atoms with Crippen molar-refractivity contribution in [2.75, 3.05) is 13.7 Å². The van der Waals surface area contributed by atoms with Gasteiger partial charge in [0.05, 0.1) is 19.8 Å². The van der Waals surface area contributed by atoms with Gasteiger partial charge in [-0.3, -0.25) is 0 Å². The van der Waals surface area contributed by atoms with Crippen molar-refractivity contribution in [3.05, 3.63) is 16.7 Å². The van der Waals surface area contributed by atoms with Crippen molar-refractivity contribution < 1.29 is 19.3 Å². The Balaban J connectivity index is 2.25. The van der Waals surface area contributed by atoms with E-state index in [1.807, 2.05) is 13.8 Å². The molecule has 0 spiro atoms. The van der Waals surface area contributed by atoms with Crippen molar-refractivity contribution in [3.63, 3.8) is 0 Å². The molecular weight excluding hydrogens is 258 g/mol. The lowest BCUT2D eigenvalue weighted by molar-refractivity contribution is 0.239. The van der Waals surface area contributed by atoms with Gasteiger partial charge < -0.3 is 25.1 Å². The van der Waals surface area contributed by atoms with Gasteiger partial charge in [-0.2, -0.15) is 0 Å². The second kappa shape index (κ2) is 4.82. The number of hydrogen-bond donors (Lipinski definition) is 2. The highest BCUT2D eigenvalue weighted by Gasteiger charge is 2.37. The van der Waals surface area contributed by atoms with Crippen LogP contribution in [0.15, 0.2) is 0 Å². The first-order valence-corrected chi connectivity index (χ1v) is 7.02. The predicted octanol–water partition coefficient (Wildman–Crippen LogP) is 1.33. The van der Waals surface area contributed by atoms with E-state index in [0.717, 1.165) is 46.8 Å². The first kappa shape index (κ1) is 13.5. The number of methoxy groups -OCH3 is 1. The van der Waals surface area contributed by atoms with E-state index in [2.05, 4.69) is 0 Å². The van der Waals surface area contributed by atoms with Gasteiger partial charge in [-0.25, -0.2) is 0 Å². The molecule has 1 aromatic rings. The van der Waals surface area contributed by atoms with Gasteiger partial charge in [0.1, 0.15) is 18.0 Å². The highest BCUT2D eigenvalue weighted by Crippen LogP contribution is 2.52. The third-order valence-electron chi connectivity index (χ3n) is 3.99. The summed E-state index contributed by atoms with van der Waals surface area (Å²) in [6.45, 7) is 3.92. The van der Waals surface area contributed by atoms with E-state index in [1.165, 1.54) is 0 Å². The van der Waals surface area contributed by atoms with Gasteiger partial charge in [0.15, 0.2) is 11.5 Å². The Morgan fingerprint density at radius 3 is 2.40 bits per heavy atom. The van der Waals surface area contributed by atoms with E-state index in [1.54, 1.807) is 7.11 Å². The lowest BCUT2D eigenvalue weighted by Crippen LogP contribution is -2.18. The SMILES string of the molecule is COc1c2c(c(C(N)CO)c3c1OC(C)C3)OC(C)C2. The molecule has 0 aliphatic carbocycles. The van der Waals surface area contributed by atoms with Crippen LogP contribution in [-0.4, -0.2) is 31.0 Å². The van der Waals surface area contributed by atoms with Crippen LogP contribution in [0.25, 0.3) is 0 Å². The van der Waals surface area contributed by atoms with Gasteiger partial charge >= 0.3 is 0 Å². The van der Waals surface area contributed by atoms with E-state index < -0.39 is 6.04 Å². The number of rotatable bonds is 3. The maximum atomic E-state index is 9.46. The van der Waals surface area contributed by atoms with Crippen LogP contribution in [0.4, 0.5) is 0 Å². The van der Waals surface area contributed by atoms with Crippen molar-refractivity contribution in [1.29, 1.82) is 0 Å². The largest absolute Gasteiger partial charge is 0.492 e. The Bertz CT molecular complexity index is 504. The van der Waals surface area contributed by atoms with Crippen LogP contribution in [0.3, 0.4) is 0 Å². The fourth-order valence-electron chi connectivity index (χ4n) is 3.21.